The van der Waals surface area contributed by atoms with Crippen molar-refractivity contribution in [1.82, 2.24) is 34.4 Å². The molecule has 1 saturated carbocycles. The van der Waals surface area contributed by atoms with E-state index in [2.05, 4.69) is 43.4 Å². The van der Waals surface area contributed by atoms with Crippen molar-refractivity contribution in [3.8, 4) is 11.3 Å². The van der Waals surface area contributed by atoms with Crippen LogP contribution in [0.5, 0.6) is 0 Å². The van der Waals surface area contributed by atoms with Crippen molar-refractivity contribution < 1.29 is 9.18 Å². The molecular weight excluding hydrogens is 423 g/mol. The van der Waals surface area contributed by atoms with E-state index in [1.54, 1.807) is 17.8 Å². The highest BCUT2D eigenvalue weighted by atomic mass is 19.1. The van der Waals surface area contributed by atoms with Crippen LogP contribution in [0.4, 0.5) is 10.2 Å². The van der Waals surface area contributed by atoms with Crippen LogP contribution in [-0.2, 0) is 0 Å². The molecule has 0 unspecified atom stereocenters. The fourth-order valence-electron chi connectivity index (χ4n) is 4.71. The Morgan fingerprint density at radius 2 is 2.09 bits per heavy atom. The molecule has 5 heterocycles. The fourth-order valence-corrected chi connectivity index (χ4v) is 4.71. The first-order chi connectivity index (χ1) is 16.0. The zero-order valence-corrected chi connectivity index (χ0v) is 18.5. The summed E-state index contributed by atoms with van der Waals surface area (Å²) in [6.07, 6.45) is 5.54. The number of nitrogens with one attached hydrogen (secondary N) is 2. The van der Waals surface area contributed by atoms with Crippen LogP contribution in [0.1, 0.15) is 29.2 Å². The molecule has 0 spiro atoms. The zero-order chi connectivity index (χ0) is 22.7. The number of likely N-dealkylation sites (tertiary alicyclic amines) is 1. The number of halogens is 1. The number of nitrogens with zero attached hydrogens (tertiary/aromatic N) is 6. The Balaban J connectivity index is 1.46. The number of fused-ring (bicyclic) bond motifs is 2. The summed E-state index contributed by atoms with van der Waals surface area (Å²) in [7, 11) is 3.91. The fraction of sp³-hybridized carbons (Fsp3) is 0.391. The monoisotopic (exact) mass is 448 g/mol. The van der Waals surface area contributed by atoms with Crippen LogP contribution in [0, 0.1) is 0 Å². The van der Waals surface area contributed by atoms with Crippen molar-refractivity contribution in [2.45, 2.75) is 31.1 Å². The molecule has 33 heavy (non-hydrogen) atoms. The molecule has 2 fully saturated rings. The Morgan fingerprint density at radius 1 is 1.24 bits per heavy atom. The summed E-state index contributed by atoms with van der Waals surface area (Å²) >= 11 is 0. The number of carbonyl (C=O) groups is 1. The second kappa shape index (κ2) is 7.51. The number of amides is 1. The Kier molecular flexibility index (Phi) is 4.58. The number of alkyl halides is 1. The second-order valence-corrected chi connectivity index (χ2v) is 8.94. The van der Waals surface area contributed by atoms with Crippen molar-refractivity contribution in [3.05, 3.63) is 42.4 Å². The van der Waals surface area contributed by atoms with Gasteiger partial charge in [-0.1, -0.05) is 0 Å². The van der Waals surface area contributed by atoms with Gasteiger partial charge in [0.25, 0.3) is 5.91 Å². The highest BCUT2D eigenvalue weighted by molar-refractivity contribution is 6.01. The van der Waals surface area contributed by atoms with Gasteiger partial charge < -0.3 is 20.1 Å². The van der Waals surface area contributed by atoms with Gasteiger partial charge in [-0.05, 0) is 32.0 Å². The molecule has 1 aliphatic carbocycles. The molecule has 0 aromatic carbocycles. The minimum atomic E-state index is -0.989. The summed E-state index contributed by atoms with van der Waals surface area (Å²) in [5.41, 5.74) is 3.34. The van der Waals surface area contributed by atoms with E-state index in [9.17, 15) is 9.18 Å². The number of hydrogen-bond acceptors (Lipinski definition) is 6. The van der Waals surface area contributed by atoms with E-state index in [0.717, 1.165) is 35.4 Å². The molecule has 170 valence electrons. The summed E-state index contributed by atoms with van der Waals surface area (Å²) in [5, 5.41) is 11.3. The van der Waals surface area contributed by atoms with Crippen LogP contribution in [0.3, 0.4) is 0 Å². The van der Waals surface area contributed by atoms with Gasteiger partial charge in [-0.2, -0.15) is 9.61 Å². The van der Waals surface area contributed by atoms with Gasteiger partial charge in [0.1, 0.15) is 23.2 Å². The van der Waals surface area contributed by atoms with Crippen LogP contribution >= 0.6 is 0 Å². The van der Waals surface area contributed by atoms with Crippen LogP contribution in [0.2, 0.25) is 0 Å². The highest BCUT2D eigenvalue weighted by Crippen LogP contribution is 2.34. The molecule has 2 N–H and O–H groups in total. The molecule has 4 aromatic heterocycles. The lowest BCUT2D eigenvalue weighted by molar-refractivity contribution is 0.0826. The largest absolute Gasteiger partial charge is 0.373 e. The maximum Gasteiger partial charge on any atom is 0.257 e. The number of anilines is 1. The lowest BCUT2D eigenvalue weighted by Crippen LogP contribution is -2.48. The summed E-state index contributed by atoms with van der Waals surface area (Å²) in [4.78, 5) is 24.6. The molecule has 1 saturated heterocycles. The van der Waals surface area contributed by atoms with Gasteiger partial charge in [-0.3, -0.25) is 4.79 Å². The molecule has 2 atom stereocenters. The number of likely N-dealkylation sites (N-methyl/N-ethyl adjacent to an activating group) is 1. The summed E-state index contributed by atoms with van der Waals surface area (Å²) < 4.78 is 17.5. The van der Waals surface area contributed by atoms with Gasteiger partial charge in [0.2, 0.25) is 0 Å². The van der Waals surface area contributed by atoms with E-state index in [1.165, 1.54) is 6.20 Å². The third kappa shape index (κ3) is 3.16. The molecular formula is C23H25FN8O. The molecule has 0 radical (unpaired) electrons. The number of hydrogen-bond donors (Lipinski definition) is 2. The van der Waals surface area contributed by atoms with E-state index in [-0.39, 0.29) is 5.91 Å². The molecule has 6 rings (SSSR count). The van der Waals surface area contributed by atoms with Gasteiger partial charge >= 0.3 is 0 Å². The van der Waals surface area contributed by atoms with Gasteiger partial charge in [0, 0.05) is 49.5 Å². The van der Waals surface area contributed by atoms with Crippen LogP contribution < -0.4 is 10.6 Å². The maximum absolute atomic E-state index is 13.7. The molecule has 9 nitrogen and oxygen atoms in total. The quantitative estimate of drug-likeness (QED) is 0.488. The molecule has 0 bridgehead atoms. The third-order valence-corrected chi connectivity index (χ3v) is 6.78. The second-order valence-electron chi connectivity index (χ2n) is 8.94. The van der Waals surface area contributed by atoms with E-state index >= 15 is 0 Å². The van der Waals surface area contributed by atoms with E-state index in [4.69, 9.17) is 4.98 Å². The first kappa shape index (κ1) is 20.1. The number of rotatable bonds is 5. The Morgan fingerprint density at radius 3 is 2.79 bits per heavy atom. The van der Waals surface area contributed by atoms with Crippen molar-refractivity contribution in [2.75, 3.05) is 32.5 Å². The van der Waals surface area contributed by atoms with E-state index in [0.29, 0.717) is 35.9 Å². The average molecular weight is 449 g/mol. The molecule has 1 amide bonds. The first-order valence-corrected chi connectivity index (χ1v) is 11.2. The van der Waals surface area contributed by atoms with Crippen LogP contribution in [-0.4, -0.2) is 74.4 Å². The predicted octanol–water partition coefficient (Wildman–Crippen LogP) is 2.50. The van der Waals surface area contributed by atoms with Gasteiger partial charge in [0.05, 0.1) is 24.0 Å². The maximum atomic E-state index is 13.7. The smallest absolute Gasteiger partial charge is 0.257 e. The lowest BCUT2D eigenvalue weighted by Gasteiger charge is -2.37. The molecule has 1 aliphatic heterocycles. The van der Waals surface area contributed by atoms with Crippen molar-refractivity contribution in [1.29, 1.82) is 0 Å². The minimum absolute atomic E-state index is 0.329. The van der Waals surface area contributed by atoms with E-state index < -0.39 is 12.2 Å². The van der Waals surface area contributed by atoms with Gasteiger partial charge in [-0.25, -0.2) is 14.4 Å². The number of carbonyl (C=O) groups excluding carboxylic acids is 1. The number of pyridine rings is 1. The Bertz CT molecular complexity index is 1370. The zero-order valence-electron chi connectivity index (χ0n) is 18.5. The van der Waals surface area contributed by atoms with Crippen molar-refractivity contribution in [3.63, 3.8) is 0 Å². The standard InChI is InChI=1S/C23H25FN8O/c1-25-20-8-19(16-12-31(13-10-30(2)11-13)21-14(16)4-3-7-26-21)28-22-15(9-27-32(20)22)23(33)29-18-6-5-17(18)24/h3-4,7-9,12-13,17-18,25H,5-6,10-11H2,1-2H3,(H,29,33)/t17-,18-/m1/s1. The van der Waals surface area contributed by atoms with Gasteiger partial charge in [-0.15, -0.1) is 0 Å². The normalized spacial score (nSPS) is 21.2. The van der Waals surface area contributed by atoms with E-state index in [1.807, 2.05) is 18.2 Å². The molecule has 2 aliphatic rings. The average Bonchev–Trinajstić information content (AvgIpc) is 3.40. The molecule has 4 aromatic rings. The van der Waals surface area contributed by atoms with Gasteiger partial charge in [0.15, 0.2) is 5.65 Å². The summed E-state index contributed by atoms with van der Waals surface area (Å²) in [6.45, 7) is 1.94. The highest BCUT2D eigenvalue weighted by Gasteiger charge is 2.33. The third-order valence-electron chi connectivity index (χ3n) is 6.78. The summed E-state index contributed by atoms with van der Waals surface area (Å²) in [5.74, 6) is 0.347. The topological polar surface area (TPSA) is 92.4 Å². The lowest BCUT2D eigenvalue weighted by atomic mass is 9.90. The number of aromatic nitrogens is 5. The van der Waals surface area contributed by atoms with Crippen LogP contribution in [0.25, 0.3) is 27.9 Å². The van der Waals surface area contributed by atoms with Crippen molar-refractivity contribution in [2.24, 2.45) is 0 Å². The minimum Gasteiger partial charge on any atom is -0.373 e. The van der Waals surface area contributed by atoms with Crippen LogP contribution in [0.15, 0.2) is 36.8 Å². The predicted molar refractivity (Wildman–Crippen MR) is 123 cm³/mol. The SMILES string of the molecule is CNc1cc(-c2cn(C3CN(C)C3)c3ncccc23)nc2c(C(=O)N[C@@H]3CC[C@H]3F)cnn12. The Hall–Kier alpha value is -3.53. The summed E-state index contributed by atoms with van der Waals surface area (Å²) in [6, 6.07) is 5.81. The molecule has 10 heteroatoms. The first-order valence-electron chi connectivity index (χ1n) is 11.2. The Labute approximate surface area is 189 Å². The van der Waals surface area contributed by atoms with Crippen molar-refractivity contribution >= 4 is 28.4 Å².